The second kappa shape index (κ2) is 3.50. The summed E-state index contributed by atoms with van der Waals surface area (Å²) in [6.45, 7) is 0. The molecular weight excluding hydrogens is 194 g/mol. The van der Waals surface area contributed by atoms with E-state index in [-0.39, 0.29) is 11.5 Å². The lowest BCUT2D eigenvalue weighted by molar-refractivity contribution is 0.0949. The molecule has 6 heteroatoms. The van der Waals surface area contributed by atoms with Crippen molar-refractivity contribution in [3.8, 4) is 0 Å². The van der Waals surface area contributed by atoms with Crippen LogP contribution in [-0.2, 0) is 0 Å². The van der Waals surface area contributed by atoms with Gasteiger partial charge < -0.3 is 5.73 Å². The van der Waals surface area contributed by atoms with Crippen LogP contribution in [-0.4, -0.2) is 15.9 Å². The molecule has 0 atom stereocenters. The first-order chi connectivity index (χ1) is 7.22. The fourth-order valence-corrected chi connectivity index (χ4v) is 1.25. The number of carbonyl (C=O) groups is 1. The summed E-state index contributed by atoms with van der Waals surface area (Å²) in [5.41, 5.74) is 8.82. The number of hydrogen-bond donors (Lipinski definition) is 3. The van der Waals surface area contributed by atoms with Gasteiger partial charge in [-0.05, 0) is 12.1 Å². The molecule has 0 spiro atoms. The van der Waals surface area contributed by atoms with E-state index in [2.05, 4.69) is 9.97 Å². The van der Waals surface area contributed by atoms with Crippen molar-refractivity contribution in [1.82, 2.24) is 15.4 Å². The minimum atomic E-state index is -0.550. The van der Waals surface area contributed by atoms with Crippen molar-refractivity contribution < 1.29 is 4.79 Å². The molecule has 1 heterocycles. The van der Waals surface area contributed by atoms with Gasteiger partial charge in [0, 0.05) is 0 Å². The van der Waals surface area contributed by atoms with E-state index in [1.165, 1.54) is 0 Å². The van der Waals surface area contributed by atoms with Gasteiger partial charge in [0.2, 0.25) is 0 Å². The highest BCUT2D eigenvalue weighted by molar-refractivity contribution is 5.97. The number of carbonyl (C=O) groups excluding carboxylic acids is 1. The zero-order chi connectivity index (χ0) is 10.8. The van der Waals surface area contributed by atoms with Crippen molar-refractivity contribution in [2.45, 2.75) is 0 Å². The van der Waals surface area contributed by atoms with Crippen LogP contribution in [0, 0.1) is 0 Å². The zero-order valence-electron chi connectivity index (χ0n) is 7.77. The number of amides is 1. The highest BCUT2D eigenvalue weighted by Crippen LogP contribution is 2.13. The Labute approximate surface area is 85.3 Å². The van der Waals surface area contributed by atoms with Crippen LogP contribution in [0.2, 0.25) is 0 Å². The normalized spacial score (nSPS) is 10.2. The number of anilines is 1. The lowest BCUT2D eigenvalue weighted by Gasteiger charge is -2.03. The molecule has 0 aliphatic rings. The summed E-state index contributed by atoms with van der Waals surface area (Å²) in [5, 5.41) is 0. The molecule has 5 N–H and O–H groups in total. The summed E-state index contributed by atoms with van der Waals surface area (Å²) >= 11 is 0. The monoisotopic (exact) mass is 203 g/mol. The van der Waals surface area contributed by atoms with E-state index in [1.54, 1.807) is 18.2 Å². The van der Waals surface area contributed by atoms with Gasteiger partial charge in [-0.3, -0.25) is 10.2 Å². The van der Waals surface area contributed by atoms with Crippen LogP contribution < -0.4 is 17.0 Å². The van der Waals surface area contributed by atoms with Gasteiger partial charge in [0.25, 0.3) is 5.91 Å². The predicted molar refractivity (Wildman–Crippen MR) is 55.6 cm³/mol. The SMILES string of the molecule is NNC(=O)c1nc2ccccc2nc1N. The van der Waals surface area contributed by atoms with Crippen LogP contribution in [0.3, 0.4) is 0 Å². The predicted octanol–water partition coefficient (Wildman–Crippen LogP) is -0.185. The Morgan fingerprint density at radius 1 is 1.20 bits per heavy atom. The third-order valence-electron chi connectivity index (χ3n) is 1.94. The van der Waals surface area contributed by atoms with Gasteiger partial charge >= 0.3 is 0 Å². The van der Waals surface area contributed by atoms with Crippen LogP contribution in [0.4, 0.5) is 5.82 Å². The number of nitrogens with zero attached hydrogens (tertiary/aromatic N) is 2. The van der Waals surface area contributed by atoms with Gasteiger partial charge in [0.1, 0.15) is 0 Å². The van der Waals surface area contributed by atoms with Gasteiger partial charge in [-0.15, -0.1) is 0 Å². The van der Waals surface area contributed by atoms with Crippen LogP contribution in [0.25, 0.3) is 11.0 Å². The van der Waals surface area contributed by atoms with Crippen LogP contribution in [0.5, 0.6) is 0 Å². The number of nitrogen functional groups attached to an aromatic ring is 2. The molecule has 0 radical (unpaired) electrons. The Morgan fingerprint density at radius 2 is 1.80 bits per heavy atom. The van der Waals surface area contributed by atoms with E-state index in [4.69, 9.17) is 11.6 Å². The van der Waals surface area contributed by atoms with Crippen molar-refractivity contribution in [2.24, 2.45) is 5.84 Å². The molecule has 15 heavy (non-hydrogen) atoms. The van der Waals surface area contributed by atoms with Crippen molar-refractivity contribution in [3.63, 3.8) is 0 Å². The van der Waals surface area contributed by atoms with Gasteiger partial charge in [-0.25, -0.2) is 15.8 Å². The molecule has 0 aliphatic heterocycles. The fourth-order valence-electron chi connectivity index (χ4n) is 1.25. The smallest absolute Gasteiger partial charge is 0.287 e. The summed E-state index contributed by atoms with van der Waals surface area (Å²) in [7, 11) is 0. The van der Waals surface area contributed by atoms with Crippen LogP contribution in [0.15, 0.2) is 24.3 Å². The average Bonchev–Trinajstić information content (AvgIpc) is 2.27. The maximum absolute atomic E-state index is 11.3. The standard InChI is InChI=1S/C9H9N5O/c10-8-7(9(15)14-11)12-5-3-1-2-4-6(5)13-8/h1-4H,11H2,(H2,10,13)(H,14,15). The summed E-state index contributed by atoms with van der Waals surface area (Å²) in [6, 6.07) is 7.13. The van der Waals surface area contributed by atoms with Crippen molar-refractivity contribution >= 4 is 22.8 Å². The van der Waals surface area contributed by atoms with E-state index in [9.17, 15) is 4.79 Å². The number of nitrogens with two attached hydrogens (primary N) is 2. The molecule has 0 unspecified atom stereocenters. The van der Waals surface area contributed by atoms with Crippen molar-refractivity contribution in [3.05, 3.63) is 30.0 Å². The number of para-hydroxylation sites is 2. The fraction of sp³-hybridized carbons (Fsp3) is 0. The number of nitrogens with one attached hydrogen (secondary N) is 1. The topological polar surface area (TPSA) is 107 Å². The van der Waals surface area contributed by atoms with Gasteiger partial charge in [-0.1, -0.05) is 12.1 Å². The molecule has 0 fully saturated rings. The minimum absolute atomic E-state index is 0.0381. The van der Waals surface area contributed by atoms with Gasteiger partial charge in [0.05, 0.1) is 11.0 Å². The minimum Gasteiger partial charge on any atom is -0.382 e. The second-order valence-electron chi connectivity index (χ2n) is 2.92. The van der Waals surface area contributed by atoms with Crippen LogP contribution >= 0.6 is 0 Å². The number of aromatic nitrogens is 2. The molecule has 2 rings (SSSR count). The average molecular weight is 203 g/mol. The van der Waals surface area contributed by atoms with Crippen molar-refractivity contribution in [2.75, 3.05) is 5.73 Å². The highest BCUT2D eigenvalue weighted by Gasteiger charge is 2.12. The zero-order valence-corrected chi connectivity index (χ0v) is 7.77. The number of fused-ring (bicyclic) bond motifs is 1. The maximum atomic E-state index is 11.3. The van der Waals surface area contributed by atoms with Gasteiger partial charge in [0.15, 0.2) is 11.5 Å². The Hall–Kier alpha value is -2.21. The summed E-state index contributed by atoms with van der Waals surface area (Å²) in [5.74, 6) is 4.51. The molecule has 1 aromatic carbocycles. The molecule has 0 bridgehead atoms. The molecule has 1 amide bonds. The molecule has 2 aromatic rings. The Balaban J connectivity index is 2.67. The summed E-state index contributed by atoms with van der Waals surface area (Å²) < 4.78 is 0. The van der Waals surface area contributed by atoms with Crippen molar-refractivity contribution in [1.29, 1.82) is 0 Å². The Bertz CT molecular complexity index is 525. The third kappa shape index (κ3) is 1.57. The Morgan fingerprint density at radius 3 is 2.40 bits per heavy atom. The second-order valence-corrected chi connectivity index (χ2v) is 2.92. The van der Waals surface area contributed by atoms with E-state index in [0.717, 1.165) is 0 Å². The molecule has 0 saturated heterocycles. The molecule has 1 aromatic heterocycles. The van der Waals surface area contributed by atoms with Gasteiger partial charge in [-0.2, -0.15) is 0 Å². The van der Waals surface area contributed by atoms with E-state index >= 15 is 0 Å². The largest absolute Gasteiger partial charge is 0.382 e. The lowest BCUT2D eigenvalue weighted by Crippen LogP contribution is -2.31. The first kappa shape index (κ1) is 9.35. The quantitative estimate of drug-likeness (QED) is 0.338. The molecule has 6 nitrogen and oxygen atoms in total. The number of hydrazine groups is 1. The van der Waals surface area contributed by atoms with E-state index < -0.39 is 5.91 Å². The molecule has 0 saturated carbocycles. The molecule has 76 valence electrons. The number of benzene rings is 1. The van der Waals surface area contributed by atoms with Crippen LogP contribution in [0.1, 0.15) is 10.5 Å². The Kier molecular flexibility index (Phi) is 2.18. The first-order valence-electron chi connectivity index (χ1n) is 4.25. The maximum Gasteiger partial charge on any atom is 0.287 e. The summed E-state index contributed by atoms with van der Waals surface area (Å²) in [6.07, 6.45) is 0. The van der Waals surface area contributed by atoms with E-state index in [1.807, 2.05) is 11.5 Å². The lowest BCUT2D eigenvalue weighted by atomic mass is 10.3. The molecule has 0 aliphatic carbocycles. The highest BCUT2D eigenvalue weighted by atomic mass is 16.2. The third-order valence-corrected chi connectivity index (χ3v) is 1.94. The molecular formula is C9H9N5O. The number of rotatable bonds is 1. The first-order valence-corrected chi connectivity index (χ1v) is 4.25. The summed E-state index contributed by atoms with van der Waals surface area (Å²) in [4.78, 5) is 19.4. The van der Waals surface area contributed by atoms with E-state index in [0.29, 0.717) is 11.0 Å². The number of hydrogen-bond acceptors (Lipinski definition) is 5.